The summed E-state index contributed by atoms with van der Waals surface area (Å²) in [7, 11) is 0. The number of aromatic nitrogens is 2. The van der Waals surface area contributed by atoms with E-state index >= 15 is 0 Å². The van der Waals surface area contributed by atoms with Gasteiger partial charge in [0.1, 0.15) is 5.25 Å². The van der Waals surface area contributed by atoms with Gasteiger partial charge in [-0.3, -0.25) is 0 Å². The Morgan fingerprint density at radius 2 is 2.00 bits per heavy atom. The minimum Gasteiger partial charge on any atom is -0.416 e. The van der Waals surface area contributed by atoms with Crippen LogP contribution in [0.5, 0.6) is 0 Å². The topological polar surface area (TPSA) is 64.9 Å². The van der Waals surface area contributed by atoms with Gasteiger partial charge in [0, 0.05) is 13.0 Å². The van der Waals surface area contributed by atoms with Crippen LogP contribution in [-0.4, -0.2) is 27.7 Å². The molecule has 0 saturated carbocycles. The molecule has 0 bridgehead atoms. The molecule has 15 heavy (non-hydrogen) atoms. The van der Waals surface area contributed by atoms with Crippen molar-refractivity contribution >= 4 is 11.8 Å². The fourth-order valence-electron chi connectivity index (χ4n) is 0.907. The molecule has 86 valence electrons. The molecule has 0 aliphatic carbocycles. The van der Waals surface area contributed by atoms with E-state index in [9.17, 15) is 13.2 Å². The van der Waals surface area contributed by atoms with Crippen molar-refractivity contribution in [2.24, 2.45) is 5.73 Å². The summed E-state index contributed by atoms with van der Waals surface area (Å²) in [5.74, 6) is 0.225. The highest BCUT2D eigenvalue weighted by molar-refractivity contribution is 7.99. The highest BCUT2D eigenvalue weighted by Gasteiger charge is 2.43. The Morgan fingerprint density at radius 1 is 1.40 bits per heavy atom. The standard InChI is InChI=1S/C7H10F3N3OS/c1-3(11)5(7(8,9)10)15-6-13-12-4(2)14-6/h3,5H,11H2,1-2H3. The van der Waals surface area contributed by atoms with E-state index < -0.39 is 17.5 Å². The first-order valence-corrected chi connectivity index (χ1v) is 4.97. The molecule has 0 aromatic carbocycles. The van der Waals surface area contributed by atoms with E-state index in [-0.39, 0.29) is 11.1 Å². The third kappa shape index (κ3) is 3.38. The molecule has 0 aliphatic rings. The van der Waals surface area contributed by atoms with E-state index in [0.29, 0.717) is 11.8 Å². The highest BCUT2D eigenvalue weighted by Crippen LogP contribution is 2.35. The molecule has 0 saturated heterocycles. The first-order chi connectivity index (χ1) is 6.80. The maximum Gasteiger partial charge on any atom is 0.402 e. The zero-order valence-electron chi connectivity index (χ0n) is 8.08. The van der Waals surface area contributed by atoms with Gasteiger partial charge < -0.3 is 10.2 Å². The number of halogens is 3. The third-order valence-corrected chi connectivity index (χ3v) is 2.85. The molecular weight excluding hydrogens is 231 g/mol. The Labute approximate surface area is 88.4 Å². The lowest BCUT2D eigenvalue weighted by molar-refractivity contribution is -0.131. The molecule has 1 heterocycles. The summed E-state index contributed by atoms with van der Waals surface area (Å²) >= 11 is 0.434. The third-order valence-electron chi connectivity index (χ3n) is 1.54. The molecule has 2 N–H and O–H groups in total. The second-order valence-corrected chi connectivity index (χ2v) is 4.12. The van der Waals surface area contributed by atoms with Gasteiger partial charge in [-0.1, -0.05) is 11.8 Å². The highest BCUT2D eigenvalue weighted by atomic mass is 32.2. The minimum absolute atomic E-state index is 0.118. The smallest absolute Gasteiger partial charge is 0.402 e. The number of rotatable bonds is 3. The van der Waals surface area contributed by atoms with Crippen LogP contribution in [-0.2, 0) is 0 Å². The van der Waals surface area contributed by atoms with Crippen molar-refractivity contribution in [3.05, 3.63) is 5.89 Å². The fraction of sp³-hybridized carbons (Fsp3) is 0.714. The average molecular weight is 241 g/mol. The molecule has 0 amide bonds. The summed E-state index contributed by atoms with van der Waals surface area (Å²) in [4.78, 5) is 0. The Bertz CT molecular complexity index is 326. The average Bonchev–Trinajstić information content (AvgIpc) is 2.44. The molecule has 0 aliphatic heterocycles. The van der Waals surface area contributed by atoms with E-state index in [4.69, 9.17) is 10.2 Å². The number of nitrogens with two attached hydrogens (primary N) is 1. The van der Waals surface area contributed by atoms with Crippen LogP contribution in [0.4, 0.5) is 13.2 Å². The summed E-state index contributed by atoms with van der Waals surface area (Å²) < 4.78 is 42.3. The summed E-state index contributed by atoms with van der Waals surface area (Å²) in [6.45, 7) is 2.79. The molecule has 0 spiro atoms. The van der Waals surface area contributed by atoms with Crippen molar-refractivity contribution in [2.45, 2.75) is 36.5 Å². The first kappa shape index (κ1) is 12.3. The van der Waals surface area contributed by atoms with Crippen molar-refractivity contribution in [1.29, 1.82) is 0 Å². The predicted octanol–water partition coefficient (Wildman–Crippen LogP) is 1.75. The van der Waals surface area contributed by atoms with E-state index in [2.05, 4.69) is 10.2 Å². The van der Waals surface area contributed by atoms with Gasteiger partial charge in [-0.05, 0) is 6.92 Å². The molecule has 4 nitrogen and oxygen atoms in total. The molecular formula is C7H10F3N3OS. The molecule has 2 atom stereocenters. The van der Waals surface area contributed by atoms with E-state index in [1.807, 2.05) is 0 Å². The van der Waals surface area contributed by atoms with E-state index in [1.165, 1.54) is 13.8 Å². The van der Waals surface area contributed by atoms with Gasteiger partial charge in [0.25, 0.3) is 5.22 Å². The molecule has 1 aromatic rings. The molecule has 0 fully saturated rings. The van der Waals surface area contributed by atoms with Crippen LogP contribution in [0, 0.1) is 6.92 Å². The van der Waals surface area contributed by atoms with Gasteiger partial charge in [0.05, 0.1) is 0 Å². The van der Waals surface area contributed by atoms with Crippen molar-refractivity contribution in [3.8, 4) is 0 Å². The number of alkyl halides is 3. The van der Waals surface area contributed by atoms with Crippen LogP contribution < -0.4 is 5.73 Å². The lowest BCUT2D eigenvalue weighted by atomic mass is 10.2. The SMILES string of the molecule is Cc1nnc(SC(C(C)N)C(F)(F)F)o1. The first-order valence-electron chi connectivity index (χ1n) is 4.09. The van der Waals surface area contributed by atoms with Crippen molar-refractivity contribution in [2.75, 3.05) is 0 Å². The monoisotopic (exact) mass is 241 g/mol. The van der Waals surface area contributed by atoms with E-state index in [0.717, 1.165) is 0 Å². The predicted molar refractivity (Wildman–Crippen MR) is 48.4 cm³/mol. The van der Waals surface area contributed by atoms with Crippen LogP contribution in [0.15, 0.2) is 9.64 Å². The molecule has 1 rings (SSSR count). The number of aryl methyl sites for hydroxylation is 1. The molecule has 1 aromatic heterocycles. The van der Waals surface area contributed by atoms with Gasteiger partial charge in [-0.2, -0.15) is 13.2 Å². The Kier molecular flexibility index (Phi) is 3.61. The van der Waals surface area contributed by atoms with Crippen molar-refractivity contribution in [1.82, 2.24) is 10.2 Å². The van der Waals surface area contributed by atoms with Crippen LogP contribution >= 0.6 is 11.8 Å². The zero-order valence-corrected chi connectivity index (χ0v) is 8.89. The van der Waals surface area contributed by atoms with Crippen LogP contribution in [0.3, 0.4) is 0 Å². The maximum atomic E-state index is 12.5. The number of thioether (sulfide) groups is 1. The van der Waals surface area contributed by atoms with Crippen LogP contribution in [0.25, 0.3) is 0 Å². The Hall–Kier alpha value is -0.760. The lowest BCUT2D eigenvalue weighted by Crippen LogP contribution is -2.40. The van der Waals surface area contributed by atoms with Gasteiger partial charge in [0.2, 0.25) is 5.89 Å². The maximum absolute atomic E-state index is 12.5. The summed E-state index contributed by atoms with van der Waals surface area (Å²) in [5, 5.41) is 5.05. The zero-order chi connectivity index (χ0) is 11.6. The second-order valence-electron chi connectivity index (χ2n) is 3.03. The van der Waals surface area contributed by atoms with Gasteiger partial charge in [0.15, 0.2) is 0 Å². The van der Waals surface area contributed by atoms with Gasteiger partial charge >= 0.3 is 6.18 Å². The van der Waals surface area contributed by atoms with Gasteiger partial charge in [-0.15, -0.1) is 10.2 Å². The van der Waals surface area contributed by atoms with Crippen molar-refractivity contribution < 1.29 is 17.6 Å². The summed E-state index contributed by atoms with van der Waals surface area (Å²) in [5.41, 5.74) is 5.25. The largest absolute Gasteiger partial charge is 0.416 e. The lowest BCUT2D eigenvalue weighted by Gasteiger charge is -2.20. The molecule has 0 radical (unpaired) electrons. The fourth-order valence-corrected chi connectivity index (χ4v) is 1.73. The van der Waals surface area contributed by atoms with Crippen LogP contribution in [0.2, 0.25) is 0 Å². The van der Waals surface area contributed by atoms with E-state index in [1.54, 1.807) is 0 Å². The minimum atomic E-state index is -4.39. The second kappa shape index (κ2) is 4.40. The van der Waals surface area contributed by atoms with Gasteiger partial charge in [-0.25, -0.2) is 0 Å². The van der Waals surface area contributed by atoms with Crippen LogP contribution in [0.1, 0.15) is 12.8 Å². The number of hydrogen-bond acceptors (Lipinski definition) is 5. The Morgan fingerprint density at radius 3 is 2.33 bits per heavy atom. The summed E-state index contributed by atoms with van der Waals surface area (Å²) in [6.07, 6.45) is -4.39. The molecule has 8 heteroatoms. The quantitative estimate of drug-likeness (QED) is 0.817. The van der Waals surface area contributed by atoms with Crippen molar-refractivity contribution in [3.63, 3.8) is 0 Å². The Balaban J connectivity index is 2.76. The number of hydrogen-bond donors (Lipinski definition) is 1. The molecule has 2 unspecified atom stereocenters. The summed E-state index contributed by atoms with van der Waals surface area (Å²) in [6, 6.07) is -1.04. The number of nitrogens with zero attached hydrogens (tertiary/aromatic N) is 2. The normalized spacial score (nSPS) is 16.4.